The van der Waals surface area contributed by atoms with Gasteiger partial charge in [-0.2, -0.15) is 0 Å². The van der Waals surface area contributed by atoms with E-state index in [1.807, 2.05) is 0 Å². The summed E-state index contributed by atoms with van der Waals surface area (Å²) in [7, 11) is 2.81. The molecule has 1 aliphatic rings. The summed E-state index contributed by atoms with van der Waals surface area (Å²) in [6.45, 7) is 0.380. The summed E-state index contributed by atoms with van der Waals surface area (Å²) < 4.78 is 43.5. The number of hydrogen-bond donors (Lipinski definition) is 1. The van der Waals surface area contributed by atoms with E-state index in [0.717, 1.165) is 17.7 Å². The third-order valence-electron chi connectivity index (χ3n) is 5.99. The van der Waals surface area contributed by atoms with Crippen LogP contribution in [0.4, 0.5) is 8.78 Å². The highest BCUT2D eigenvalue weighted by Gasteiger charge is 2.46. The van der Waals surface area contributed by atoms with E-state index in [1.54, 1.807) is 36.4 Å². The molecule has 1 heterocycles. The fourth-order valence-electron chi connectivity index (χ4n) is 4.18. The van der Waals surface area contributed by atoms with Gasteiger partial charge < -0.3 is 24.2 Å². The van der Waals surface area contributed by atoms with Gasteiger partial charge in [-0.15, -0.1) is 0 Å². The van der Waals surface area contributed by atoms with Crippen LogP contribution >= 0.6 is 0 Å². The van der Waals surface area contributed by atoms with E-state index in [1.165, 1.54) is 37.3 Å². The van der Waals surface area contributed by atoms with E-state index in [0.29, 0.717) is 11.3 Å². The standard InChI is InChI=1S/C28H25F2NO6/c1-35-13-12-31-25(18-4-3-5-21(14-18)37-16-17-6-8-19(29)9-7-17)24(27(33)28(31)34)26(32)22-15-20(30)10-11-23(22)36-2/h3-11,14-15,25,32H,12-13,16H2,1-2H3/b26-24+. The molecule has 7 nitrogen and oxygen atoms in total. The highest BCUT2D eigenvalue weighted by atomic mass is 19.1. The molecule has 1 fully saturated rings. The zero-order valence-corrected chi connectivity index (χ0v) is 20.2. The van der Waals surface area contributed by atoms with Crippen molar-refractivity contribution in [3.63, 3.8) is 0 Å². The number of benzene rings is 3. The highest BCUT2D eigenvalue weighted by molar-refractivity contribution is 6.46. The van der Waals surface area contributed by atoms with Crippen molar-refractivity contribution >= 4 is 17.4 Å². The molecule has 1 saturated heterocycles. The smallest absolute Gasteiger partial charge is 0.295 e. The van der Waals surface area contributed by atoms with Gasteiger partial charge in [-0.1, -0.05) is 24.3 Å². The fraction of sp³-hybridized carbons (Fsp3) is 0.214. The van der Waals surface area contributed by atoms with Gasteiger partial charge in [0.15, 0.2) is 0 Å². The molecule has 0 saturated carbocycles. The van der Waals surface area contributed by atoms with E-state index < -0.39 is 29.3 Å². The number of hydrogen-bond acceptors (Lipinski definition) is 6. The second-order valence-electron chi connectivity index (χ2n) is 8.32. The SMILES string of the molecule is COCCN1C(=O)C(=O)/C(=C(/O)c2cc(F)ccc2OC)C1c1cccc(OCc2ccc(F)cc2)c1. The first-order chi connectivity index (χ1) is 17.8. The molecular formula is C28H25F2NO6. The maximum atomic E-state index is 14.1. The van der Waals surface area contributed by atoms with E-state index in [9.17, 15) is 23.5 Å². The minimum absolute atomic E-state index is 0.0547. The molecule has 37 heavy (non-hydrogen) atoms. The van der Waals surface area contributed by atoms with Gasteiger partial charge in [0.05, 0.1) is 30.9 Å². The molecule has 1 atom stereocenters. The van der Waals surface area contributed by atoms with E-state index in [2.05, 4.69) is 0 Å². The Labute approximate surface area is 212 Å². The second kappa shape index (κ2) is 11.2. The van der Waals surface area contributed by atoms with Crippen molar-refractivity contribution in [2.24, 2.45) is 0 Å². The maximum absolute atomic E-state index is 14.1. The van der Waals surface area contributed by atoms with Gasteiger partial charge >= 0.3 is 0 Å². The van der Waals surface area contributed by atoms with Crippen LogP contribution in [-0.2, 0) is 20.9 Å². The molecular weight excluding hydrogens is 484 g/mol. The van der Waals surface area contributed by atoms with Crippen LogP contribution in [0.2, 0.25) is 0 Å². The summed E-state index contributed by atoms with van der Waals surface area (Å²) in [5, 5.41) is 11.2. The number of aliphatic hydroxyl groups excluding tert-OH is 1. The first-order valence-corrected chi connectivity index (χ1v) is 11.4. The van der Waals surface area contributed by atoms with Crippen LogP contribution in [0.5, 0.6) is 11.5 Å². The summed E-state index contributed by atoms with van der Waals surface area (Å²) in [5.41, 5.74) is 0.974. The van der Waals surface area contributed by atoms with Crippen molar-refractivity contribution in [2.75, 3.05) is 27.4 Å². The van der Waals surface area contributed by atoms with Crippen LogP contribution in [0.25, 0.3) is 5.76 Å². The molecule has 0 aromatic heterocycles. The van der Waals surface area contributed by atoms with Crippen LogP contribution in [0.15, 0.2) is 72.3 Å². The third kappa shape index (κ3) is 5.46. The van der Waals surface area contributed by atoms with Gasteiger partial charge in [-0.3, -0.25) is 9.59 Å². The summed E-state index contributed by atoms with van der Waals surface area (Å²) in [4.78, 5) is 27.4. The maximum Gasteiger partial charge on any atom is 0.295 e. The molecule has 0 aliphatic carbocycles. The molecule has 3 aromatic carbocycles. The quantitative estimate of drug-likeness (QED) is 0.257. The normalized spacial score (nSPS) is 16.8. The van der Waals surface area contributed by atoms with Crippen molar-refractivity contribution < 1.29 is 37.7 Å². The van der Waals surface area contributed by atoms with Crippen LogP contribution in [0, 0.1) is 11.6 Å². The summed E-state index contributed by atoms with van der Waals surface area (Å²) in [5.74, 6) is -2.73. The van der Waals surface area contributed by atoms with Crippen molar-refractivity contribution in [1.29, 1.82) is 0 Å². The first kappa shape index (κ1) is 25.8. The van der Waals surface area contributed by atoms with Crippen LogP contribution in [0.1, 0.15) is 22.7 Å². The number of amides is 1. The molecule has 1 unspecified atom stereocenters. The Morgan fingerprint density at radius 2 is 1.70 bits per heavy atom. The molecule has 0 bridgehead atoms. The number of aliphatic hydroxyl groups is 1. The van der Waals surface area contributed by atoms with Crippen LogP contribution in [-0.4, -0.2) is 49.1 Å². The highest BCUT2D eigenvalue weighted by Crippen LogP contribution is 2.41. The number of carbonyl (C=O) groups is 2. The number of likely N-dealkylation sites (tertiary alicyclic amines) is 1. The summed E-state index contributed by atoms with van der Waals surface area (Å²) >= 11 is 0. The lowest BCUT2D eigenvalue weighted by molar-refractivity contribution is -0.140. The van der Waals surface area contributed by atoms with Crippen molar-refractivity contribution in [1.82, 2.24) is 4.90 Å². The zero-order chi connectivity index (χ0) is 26.5. The average Bonchev–Trinajstić information content (AvgIpc) is 3.16. The Balaban J connectivity index is 1.76. The average molecular weight is 510 g/mol. The molecule has 4 rings (SSSR count). The van der Waals surface area contributed by atoms with E-state index in [4.69, 9.17) is 14.2 Å². The molecule has 1 amide bonds. The number of carbonyl (C=O) groups excluding carboxylic acids is 2. The van der Waals surface area contributed by atoms with Gasteiger partial charge in [0.1, 0.15) is 35.5 Å². The molecule has 192 valence electrons. The van der Waals surface area contributed by atoms with Crippen LogP contribution < -0.4 is 9.47 Å². The molecule has 3 aromatic rings. The topological polar surface area (TPSA) is 85.3 Å². The Kier molecular flexibility index (Phi) is 7.83. The third-order valence-corrected chi connectivity index (χ3v) is 5.99. The van der Waals surface area contributed by atoms with Gasteiger partial charge in [0, 0.05) is 13.7 Å². The fourth-order valence-corrected chi connectivity index (χ4v) is 4.18. The predicted molar refractivity (Wildman–Crippen MR) is 131 cm³/mol. The predicted octanol–water partition coefficient (Wildman–Crippen LogP) is 4.62. The summed E-state index contributed by atoms with van der Waals surface area (Å²) in [6, 6.07) is 15.1. The Hall–Kier alpha value is -4.24. The lowest BCUT2D eigenvalue weighted by atomic mass is 9.94. The molecule has 9 heteroatoms. The number of rotatable bonds is 9. The van der Waals surface area contributed by atoms with Crippen molar-refractivity contribution in [3.05, 3.63) is 101 Å². The largest absolute Gasteiger partial charge is 0.507 e. The Morgan fingerprint density at radius 3 is 2.41 bits per heavy atom. The second-order valence-corrected chi connectivity index (χ2v) is 8.32. The number of Topliss-reactive ketones (excluding diaryl/α,β-unsaturated/α-hetero) is 1. The number of nitrogens with zero attached hydrogens (tertiary/aromatic N) is 1. The minimum atomic E-state index is -0.988. The molecule has 0 radical (unpaired) electrons. The van der Waals surface area contributed by atoms with E-state index in [-0.39, 0.29) is 42.5 Å². The lowest BCUT2D eigenvalue weighted by Crippen LogP contribution is -2.32. The Bertz CT molecular complexity index is 1340. The summed E-state index contributed by atoms with van der Waals surface area (Å²) in [6.07, 6.45) is 0. The van der Waals surface area contributed by atoms with Gasteiger partial charge in [-0.25, -0.2) is 8.78 Å². The van der Waals surface area contributed by atoms with Gasteiger partial charge in [-0.05, 0) is 53.6 Å². The van der Waals surface area contributed by atoms with Gasteiger partial charge in [0.25, 0.3) is 11.7 Å². The number of halogens is 2. The van der Waals surface area contributed by atoms with Crippen LogP contribution in [0.3, 0.4) is 0 Å². The van der Waals surface area contributed by atoms with Crippen molar-refractivity contribution in [3.8, 4) is 11.5 Å². The monoisotopic (exact) mass is 509 g/mol. The lowest BCUT2D eigenvalue weighted by Gasteiger charge is -2.25. The molecule has 1 aliphatic heterocycles. The first-order valence-electron chi connectivity index (χ1n) is 11.4. The number of ether oxygens (including phenoxy) is 3. The molecule has 0 spiro atoms. The zero-order valence-electron chi connectivity index (χ0n) is 20.2. The van der Waals surface area contributed by atoms with Gasteiger partial charge in [0.2, 0.25) is 0 Å². The van der Waals surface area contributed by atoms with E-state index >= 15 is 0 Å². The number of ketones is 1. The van der Waals surface area contributed by atoms with Crippen molar-refractivity contribution in [2.45, 2.75) is 12.6 Å². The molecule has 1 N–H and O–H groups in total. The minimum Gasteiger partial charge on any atom is -0.507 e. The Morgan fingerprint density at radius 1 is 0.973 bits per heavy atom. The number of methoxy groups -OCH3 is 2.